The maximum absolute atomic E-state index is 12.8. The fourth-order valence-corrected chi connectivity index (χ4v) is 4.42. The number of hydrogen-bond acceptors (Lipinski definition) is 4. The average Bonchev–Trinajstić information content (AvgIpc) is 3.19. The standard InChI is InChI=1S/C18H16F3NO4S/c19-18(20,21)12-4-3-5-14(10-12)27(23,24)22-13-6-7-15-16(11-13)26-17(25-15)8-1-2-9-17/h3-7,10-11,22H,1-2,8-9H2. The Bertz CT molecular complexity index is 982. The zero-order valence-electron chi connectivity index (χ0n) is 14.0. The fraction of sp³-hybridized carbons (Fsp3) is 0.333. The molecule has 1 saturated carbocycles. The van der Waals surface area contributed by atoms with Crippen LogP contribution in [0.5, 0.6) is 11.5 Å². The number of anilines is 1. The highest BCUT2D eigenvalue weighted by molar-refractivity contribution is 7.92. The number of nitrogens with one attached hydrogen (secondary N) is 1. The second-order valence-electron chi connectivity index (χ2n) is 6.61. The van der Waals surface area contributed by atoms with Crippen LogP contribution in [-0.4, -0.2) is 14.2 Å². The molecule has 9 heteroatoms. The maximum atomic E-state index is 12.8. The Kier molecular flexibility index (Phi) is 4.03. The second-order valence-corrected chi connectivity index (χ2v) is 8.30. The van der Waals surface area contributed by atoms with E-state index in [1.54, 1.807) is 6.07 Å². The van der Waals surface area contributed by atoms with E-state index in [4.69, 9.17) is 9.47 Å². The number of benzene rings is 2. The van der Waals surface area contributed by atoms with Crippen LogP contribution >= 0.6 is 0 Å². The van der Waals surface area contributed by atoms with Crippen LogP contribution in [0, 0.1) is 0 Å². The highest BCUT2D eigenvalue weighted by Gasteiger charge is 2.44. The summed E-state index contributed by atoms with van der Waals surface area (Å²) in [6.07, 6.45) is -1.13. The van der Waals surface area contributed by atoms with Gasteiger partial charge in [-0.2, -0.15) is 13.2 Å². The Morgan fingerprint density at radius 3 is 2.37 bits per heavy atom. The summed E-state index contributed by atoms with van der Waals surface area (Å²) >= 11 is 0. The SMILES string of the molecule is O=S(=O)(Nc1ccc2c(c1)OC1(CCCC1)O2)c1cccc(C(F)(F)F)c1. The van der Waals surface area contributed by atoms with E-state index in [-0.39, 0.29) is 5.69 Å². The molecule has 2 aliphatic rings. The summed E-state index contributed by atoms with van der Waals surface area (Å²) in [5.74, 6) is 0.265. The highest BCUT2D eigenvalue weighted by atomic mass is 32.2. The molecule has 5 nitrogen and oxygen atoms in total. The molecule has 27 heavy (non-hydrogen) atoms. The van der Waals surface area contributed by atoms with Crippen LogP contribution in [0.4, 0.5) is 18.9 Å². The van der Waals surface area contributed by atoms with Crippen molar-refractivity contribution in [2.75, 3.05) is 4.72 Å². The molecule has 0 atom stereocenters. The molecule has 0 aromatic heterocycles. The van der Waals surface area contributed by atoms with E-state index in [0.29, 0.717) is 17.6 Å². The molecule has 0 radical (unpaired) electrons. The van der Waals surface area contributed by atoms with Crippen LogP contribution in [0.1, 0.15) is 31.2 Å². The van der Waals surface area contributed by atoms with E-state index in [1.165, 1.54) is 12.1 Å². The molecule has 0 saturated heterocycles. The first-order valence-electron chi connectivity index (χ1n) is 8.39. The van der Waals surface area contributed by atoms with Gasteiger partial charge in [0, 0.05) is 18.9 Å². The Morgan fingerprint density at radius 1 is 0.963 bits per heavy atom. The minimum absolute atomic E-state index is 0.185. The Balaban J connectivity index is 1.58. The summed E-state index contributed by atoms with van der Waals surface area (Å²) < 4.78 is 77.5. The third-order valence-electron chi connectivity index (χ3n) is 4.62. The van der Waals surface area contributed by atoms with Gasteiger partial charge >= 0.3 is 6.18 Å². The molecule has 4 rings (SSSR count). The minimum atomic E-state index is -4.63. The molecule has 1 heterocycles. The summed E-state index contributed by atoms with van der Waals surface area (Å²) in [6, 6.07) is 8.14. The van der Waals surface area contributed by atoms with Crippen LogP contribution in [0.15, 0.2) is 47.4 Å². The number of fused-ring (bicyclic) bond motifs is 1. The predicted molar refractivity (Wildman–Crippen MR) is 91.1 cm³/mol. The quantitative estimate of drug-likeness (QED) is 0.823. The monoisotopic (exact) mass is 399 g/mol. The predicted octanol–water partition coefficient (Wildman–Crippen LogP) is 4.55. The lowest BCUT2D eigenvalue weighted by Gasteiger charge is -2.21. The van der Waals surface area contributed by atoms with Gasteiger partial charge in [0.1, 0.15) is 0 Å². The molecule has 0 bridgehead atoms. The van der Waals surface area contributed by atoms with Gasteiger partial charge in [0.25, 0.3) is 15.8 Å². The zero-order valence-corrected chi connectivity index (χ0v) is 14.9. The molecule has 1 fully saturated rings. The van der Waals surface area contributed by atoms with Gasteiger partial charge in [-0.15, -0.1) is 0 Å². The number of alkyl halides is 3. The first-order valence-corrected chi connectivity index (χ1v) is 9.87. The molecule has 2 aromatic carbocycles. The van der Waals surface area contributed by atoms with Crippen molar-refractivity contribution in [1.82, 2.24) is 0 Å². The maximum Gasteiger partial charge on any atom is 0.416 e. The lowest BCUT2D eigenvalue weighted by atomic mass is 10.2. The van der Waals surface area contributed by atoms with Crippen molar-refractivity contribution in [3.63, 3.8) is 0 Å². The number of sulfonamides is 1. The van der Waals surface area contributed by atoms with Gasteiger partial charge in [-0.1, -0.05) is 6.07 Å². The Morgan fingerprint density at radius 2 is 1.67 bits per heavy atom. The lowest BCUT2D eigenvalue weighted by Crippen LogP contribution is -2.34. The van der Waals surface area contributed by atoms with E-state index >= 15 is 0 Å². The van der Waals surface area contributed by atoms with Crippen LogP contribution < -0.4 is 14.2 Å². The van der Waals surface area contributed by atoms with Crippen molar-refractivity contribution in [2.24, 2.45) is 0 Å². The van der Waals surface area contributed by atoms with E-state index in [1.807, 2.05) is 0 Å². The molecular formula is C18H16F3NO4S. The van der Waals surface area contributed by atoms with Crippen molar-refractivity contribution in [2.45, 2.75) is 42.5 Å². The molecule has 1 aliphatic heterocycles. The smallest absolute Gasteiger partial charge is 0.416 e. The van der Waals surface area contributed by atoms with E-state index in [2.05, 4.69) is 4.72 Å². The van der Waals surface area contributed by atoms with Crippen LogP contribution in [0.25, 0.3) is 0 Å². The topological polar surface area (TPSA) is 64.6 Å². The second kappa shape index (κ2) is 6.05. The first kappa shape index (κ1) is 18.0. The van der Waals surface area contributed by atoms with Gasteiger partial charge in [-0.3, -0.25) is 4.72 Å². The van der Waals surface area contributed by atoms with Crippen molar-refractivity contribution in [3.8, 4) is 11.5 Å². The van der Waals surface area contributed by atoms with Gasteiger partial charge in [0.05, 0.1) is 16.1 Å². The Labute approximate surface area is 154 Å². The summed E-state index contributed by atoms with van der Waals surface area (Å²) in [5.41, 5.74) is -0.843. The molecule has 1 N–H and O–H groups in total. The van der Waals surface area contributed by atoms with Gasteiger partial charge in [-0.05, 0) is 43.2 Å². The normalized spacial score (nSPS) is 18.0. The van der Waals surface area contributed by atoms with Crippen molar-refractivity contribution >= 4 is 15.7 Å². The van der Waals surface area contributed by atoms with Crippen LogP contribution in [0.3, 0.4) is 0 Å². The zero-order chi connectivity index (χ0) is 19.3. The average molecular weight is 399 g/mol. The van der Waals surface area contributed by atoms with E-state index in [9.17, 15) is 21.6 Å². The minimum Gasteiger partial charge on any atom is -0.448 e. The van der Waals surface area contributed by atoms with Gasteiger partial charge < -0.3 is 9.47 Å². The molecule has 1 spiro atoms. The molecule has 144 valence electrons. The summed E-state index contributed by atoms with van der Waals surface area (Å²) in [7, 11) is -4.19. The van der Waals surface area contributed by atoms with E-state index < -0.39 is 32.4 Å². The summed E-state index contributed by atoms with van der Waals surface area (Å²) in [6.45, 7) is 0. The lowest BCUT2D eigenvalue weighted by molar-refractivity contribution is -0.137. The third-order valence-corrected chi connectivity index (χ3v) is 6.00. The fourth-order valence-electron chi connectivity index (χ4n) is 3.33. The largest absolute Gasteiger partial charge is 0.448 e. The van der Waals surface area contributed by atoms with Crippen LogP contribution in [-0.2, 0) is 16.2 Å². The number of hydrogen-bond donors (Lipinski definition) is 1. The van der Waals surface area contributed by atoms with Crippen molar-refractivity contribution < 1.29 is 31.1 Å². The van der Waals surface area contributed by atoms with Gasteiger partial charge in [0.15, 0.2) is 11.5 Å². The molecule has 0 unspecified atom stereocenters. The Hall–Kier alpha value is -2.42. The van der Waals surface area contributed by atoms with E-state index in [0.717, 1.165) is 43.9 Å². The molecule has 2 aromatic rings. The summed E-state index contributed by atoms with van der Waals surface area (Å²) in [5, 5.41) is 0. The van der Waals surface area contributed by atoms with Crippen molar-refractivity contribution in [1.29, 1.82) is 0 Å². The molecule has 0 amide bonds. The van der Waals surface area contributed by atoms with Gasteiger partial charge in [-0.25, -0.2) is 8.42 Å². The van der Waals surface area contributed by atoms with Crippen molar-refractivity contribution in [3.05, 3.63) is 48.0 Å². The molecular weight excluding hydrogens is 383 g/mol. The van der Waals surface area contributed by atoms with Gasteiger partial charge in [0.2, 0.25) is 0 Å². The highest BCUT2D eigenvalue weighted by Crippen LogP contribution is 2.47. The first-order chi connectivity index (χ1) is 12.7. The summed E-state index contributed by atoms with van der Waals surface area (Å²) in [4.78, 5) is -0.470. The number of halogens is 3. The molecule has 1 aliphatic carbocycles. The number of ether oxygens (including phenoxy) is 2. The number of rotatable bonds is 3. The van der Waals surface area contributed by atoms with Crippen LogP contribution in [0.2, 0.25) is 0 Å². The third kappa shape index (κ3) is 3.43.